The van der Waals surface area contributed by atoms with Gasteiger partial charge in [-0.05, 0) is 6.42 Å². The van der Waals surface area contributed by atoms with Gasteiger partial charge in [0, 0.05) is 6.54 Å². The van der Waals surface area contributed by atoms with Crippen LogP contribution in [0.5, 0.6) is 0 Å². The van der Waals surface area contributed by atoms with E-state index in [1.807, 2.05) is 6.92 Å². The van der Waals surface area contributed by atoms with E-state index in [4.69, 9.17) is 0 Å². The Morgan fingerprint density at radius 3 is 2.29 bits per heavy atom. The molecule has 0 fully saturated rings. The number of rotatable bonds is 3. The summed E-state index contributed by atoms with van der Waals surface area (Å²) in [5.74, 6) is -2.26. The summed E-state index contributed by atoms with van der Waals surface area (Å²) < 4.78 is 34.8. The fraction of sp³-hybridized carbons (Fsp3) is 0.714. The lowest BCUT2D eigenvalue weighted by Gasteiger charge is -2.07. The lowest BCUT2D eigenvalue weighted by atomic mass is 10.3. The number of alkyl halides is 3. The lowest BCUT2D eigenvalue weighted by Crippen LogP contribution is -2.45. The van der Waals surface area contributed by atoms with Crippen LogP contribution >= 0.6 is 0 Å². The summed E-state index contributed by atoms with van der Waals surface area (Å²) >= 11 is 0. The molecule has 0 spiro atoms. The largest absolute Gasteiger partial charge is 0.471 e. The van der Waals surface area contributed by atoms with E-state index in [1.54, 1.807) is 0 Å². The summed E-state index contributed by atoms with van der Waals surface area (Å²) in [6.45, 7) is 2.11. The van der Waals surface area contributed by atoms with Gasteiger partial charge in [-0.2, -0.15) is 13.2 Å². The Kier molecular flexibility index (Phi) is 4.96. The third-order valence-electron chi connectivity index (χ3n) is 1.30. The molecule has 0 aliphatic heterocycles. The highest BCUT2D eigenvalue weighted by Crippen LogP contribution is 2.13. The highest BCUT2D eigenvalue weighted by molar-refractivity contribution is 5.96. The van der Waals surface area contributed by atoms with Crippen LogP contribution in [0.4, 0.5) is 18.0 Å². The van der Waals surface area contributed by atoms with Crippen LogP contribution in [0.15, 0.2) is 0 Å². The molecular formula is C7H11F3N2O2. The van der Waals surface area contributed by atoms with Crippen molar-refractivity contribution in [3.63, 3.8) is 0 Å². The van der Waals surface area contributed by atoms with Crippen LogP contribution in [0.3, 0.4) is 0 Å². The molecule has 0 rings (SSSR count). The predicted octanol–water partition coefficient (Wildman–Crippen LogP) is 1.17. The maximum Gasteiger partial charge on any atom is 0.471 e. The number of nitrogens with one attached hydrogen (secondary N) is 2. The van der Waals surface area contributed by atoms with E-state index in [-0.39, 0.29) is 6.54 Å². The van der Waals surface area contributed by atoms with Crippen molar-refractivity contribution in [3.05, 3.63) is 0 Å². The molecule has 4 nitrogen and oxygen atoms in total. The van der Waals surface area contributed by atoms with Gasteiger partial charge in [0.1, 0.15) is 0 Å². The molecule has 0 bridgehead atoms. The van der Waals surface area contributed by atoms with Gasteiger partial charge in [0.25, 0.3) is 0 Å². The average Bonchev–Trinajstić information content (AvgIpc) is 2.03. The van der Waals surface area contributed by atoms with Crippen molar-refractivity contribution in [1.82, 2.24) is 10.6 Å². The van der Waals surface area contributed by atoms with E-state index >= 15 is 0 Å². The SMILES string of the molecule is CCCCNC(=O)NC(=O)C(F)(F)F. The highest BCUT2D eigenvalue weighted by atomic mass is 19.4. The van der Waals surface area contributed by atoms with Crippen molar-refractivity contribution in [1.29, 1.82) is 0 Å². The molecule has 0 atom stereocenters. The summed E-state index contributed by atoms with van der Waals surface area (Å²) in [5, 5.41) is 3.28. The van der Waals surface area contributed by atoms with Gasteiger partial charge >= 0.3 is 18.1 Å². The Bertz CT molecular complexity index is 215. The second-order valence-electron chi connectivity index (χ2n) is 2.56. The van der Waals surface area contributed by atoms with Gasteiger partial charge in [-0.15, -0.1) is 0 Å². The van der Waals surface area contributed by atoms with Crippen LogP contribution < -0.4 is 10.6 Å². The zero-order chi connectivity index (χ0) is 11.2. The number of carbonyl (C=O) groups excluding carboxylic acids is 2. The number of carbonyl (C=O) groups is 2. The number of hydrogen-bond acceptors (Lipinski definition) is 2. The van der Waals surface area contributed by atoms with Gasteiger partial charge in [0.15, 0.2) is 0 Å². The number of amides is 3. The van der Waals surface area contributed by atoms with Crippen molar-refractivity contribution in [2.45, 2.75) is 25.9 Å². The summed E-state index contributed by atoms with van der Waals surface area (Å²) in [6, 6.07) is -1.12. The molecule has 0 aromatic carbocycles. The van der Waals surface area contributed by atoms with Crippen molar-refractivity contribution < 1.29 is 22.8 Å². The van der Waals surface area contributed by atoms with Crippen molar-refractivity contribution in [2.24, 2.45) is 0 Å². The molecule has 82 valence electrons. The normalized spacial score (nSPS) is 10.9. The molecule has 0 radical (unpaired) electrons. The Morgan fingerprint density at radius 2 is 1.86 bits per heavy atom. The number of imide groups is 1. The molecule has 0 heterocycles. The molecule has 0 unspecified atom stereocenters. The molecule has 0 saturated heterocycles. The first kappa shape index (κ1) is 12.7. The van der Waals surface area contributed by atoms with Gasteiger partial charge in [0.05, 0.1) is 0 Å². The van der Waals surface area contributed by atoms with E-state index < -0.39 is 18.1 Å². The minimum atomic E-state index is -5.03. The van der Waals surface area contributed by atoms with E-state index in [0.29, 0.717) is 6.42 Å². The van der Waals surface area contributed by atoms with Crippen LogP contribution in [0.25, 0.3) is 0 Å². The third-order valence-corrected chi connectivity index (χ3v) is 1.30. The number of halogens is 3. The molecule has 0 aliphatic rings. The van der Waals surface area contributed by atoms with Crippen molar-refractivity contribution in [3.8, 4) is 0 Å². The first-order valence-electron chi connectivity index (χ1n) is 4.04. The topological polar surface area (TPSA) is 58.2 Å². The van der Waals surface area contributed by atoms with Crippen LogP contribution in [0, 0.1) is 0 Å². The summed E-state index contributed by atoms with van der Waals surface area (Å²) in [4.78, 5) is 20.8. The lowest BCUT2D eigenvalue weighted by molar-refractivity contribution is -0.172. The van der Waals surface area contributed by atoms with Crippen molar-refractivity contribution >= 4 is 11.9 Å². The van der Waals surface area contributed by atoms with Crippen LogP contribution in [-0.2, 0) is 4.79 Å². The maximum absolute atomic E-state index is 11.6. The molecule has 0 aromatic rings. The molecule has 7 heteroatoms. The minimum Gasteiger partial charge on any atom is -0.338 e. The average molecular weight is 212 g/mol. The molecule has 2 N–H and O–H groups in total. The van der Waals surface area contributed by atoms with Gasteiger partial charge in [-0.1, -0.05) is 13.3 Å². The van der Waals surface area contributed by atoms with Crippen LogP contribution in [0.2, 0.25) is 0 Å². The quantitative estimate of drug-likeness (QED) is 0.690. The Labute approximate surface area is 78.8 Å². The molecular weight excluding hydrogens is 201 g/mol. The number of urea groups is 1. The Morgan fingerprint density at radius 1 is 1.29 bits per heavy atom. The minimum absolute atomic E-state index is 0.244. The molecule has 0 aromatic heterocycles. The Balaban J connectivity index is 3.78. The summed E-state index contributed by atoms with van der Waals surface area (Å²) in [7, 11) is 0. The molecule has 0 saturated carbocycles. The maximum atomic E-state index is 11.6. The van der Waals surface area contributed by atoms with Crippen LogP contribution in [-0.4, -0.2) is 24.7 Å². The molecule has 14 heavy (non-hydrogen) atoms. The zero-order valence-corrected chi connectivity index (χ0v) is 7.57. The zero-order valence-electron chi connectivity index (χ0n) is 7.57. The number of hydrogen-bond donors (Lipinski definition) is 2. The highest BCUT2D eigenvalue weighted by Gasteiger charge is 2.39. The van der Waals surface area contributed by atoms with Gasteiger partial charge < -0.3 is 5.32 Å². The van der Waals surface area contributed by atoms with E-state index in [2.05, 4.69) is 5.32 Å². The van der Waals surface area contributed by atoms with Gasteiger partial charge in [0.2, 0.25) is 0 Å². The monoisotopic (exact) mass is 212 g/mol. The number of unbranched alkanes of at least 4 members (excludes halogenated alkanes) is 1. The fourth-order valence-electron chi connectivity index (χ4n) is 0.597. The van der Waals surface area contributed by atoms with Crippen molar-refractivity contribution in [2.75, 3.05) is 6.54 Å². The molecule has 3 amide bonds. The fourth-order valence-corrected chi connectivity index (χ4v) is 0.597. The van der Waals surface area contributed by atoms with Gasteiger partial charge in [-0.3, -0.25) is 10.1 Å². The Hall–Kier alpha value is -1.27. The van der Waals surface area contributed by atoms with Crippen LogP contribution in [0.1, 0.15) is 19.8 Å². The van der Waals surface area contributed by atoms with E-state index in [9.17, 15) is 22.8 Å². The predicted molar refractivity (Wildman–Crippen MR) is 42.5 cm³/mol. The summed E-state index contributed by atoms with van der Waals surface area (Å²) in [6.07, 6.45) is -3.58. The van der Waals surface area contributed by atoms with E-state index in [0.717, 1.165) is 11.7 Å². The first-order valence-corrected chi connectivity index (χ1v) is 4.04. The smallest absolute Gasteiger partial charge is 0.338 e. The molecule has 0 aliphatic carbocycles. The summed E-state index contributed by atoms with van der Waals surface area (Å²) in [5.41, 5.74) is 0. The third kappa shape index (κ3) is 5.39. The van der Waals surface area contributed by atoms with Gasteiger partial charge in [-0.25, -0.2) is 4.79 Å². The standard InChI is InChI=1S/C7H11F3N2O2/c1-2-3-4-11-6(14)12-5(13)7(8,9)10/h2-4H2,1H3,(H2,11,12,13,14). The second kappa shape index (κ2) is 5.46. The first-order chi connectivity index (χ1) is 6.38. The van der Waals surface area contributed by atoms with E-state index in [1.165, 1.54) is 0 Å². The second-order valence-corrected chi connectivity index (χ2v) is 2.56.